The van der Waals surface area contributed by atoms with Crippen LogP contribution in [0, 0.1) is 21.7 Å². The molecule has 0 fully saturated rings. The molecule has 0 bridgehead atoms. The minimum absolute atomic E-state index is 0.0773. The first-order chi connectivity index (χ1) is 21.7. The number of rotatable bonds is 9. The van der Waals surface area contributed by atoms with E-state index in [0.717, 1.165) is 25.7 Å². The molecule has 0 radical (unpaired) electrons. The second-order valence-corrected chi connectivity index (χ2v) is 13.0. The number of carbonyl (C=O) groups is 1. The lowest BCUT2D eigenvalue weighted by Crippen LogP contribution is -2.37. The molecule has 0 aromatic carbocycles. The monoisotopic (exact) mass is 648 g/mol. The third-order valence-corrected chi connectivity index (χ3v) is 10.1. The first-order valence-corrected chi connectivity index (χ1v) is 17.2. The molecule has 8 atom stereocenters. The van der Waals surface area contributed by atoms with Crippen molar-refractivity contribution in [1.82, 2.24) is 0 Å². The molecule has 0 saturated carbocycles. The summed E-state index contributed by atoms with van der Waals surface area (Å²) in [6, 6.07) is 0. The molecule has 4 aliphatic rings. The first-order valence-electron chi connectivity index (χ1n) is 17.2. The van der Waals surface area contributed by atoms with Crippen LogP contribution in [0.25, 0.3) is 0 Å². The van der Waals surface area contributed by atoms with Crippen molar-refractivity contribution in [2.75, 3.05) is 6.61 Å². The summed E-state index contributed by atoms with van der Waals surface area (Å²) >= 11 is 0. The highest BCUT2D eigenvalue weighted by molar-refractivity contribution is 5.80. The molecule has 8 heteroatoms. The lowest BCUT2D eigenvalue weighted by atomic mass is 9.82. The van der Waals surface area contributed by atoms with Crippen molar-refractivity contribution >= 4 is 12.1 Å². The van der Waals surface area contributed by atoms with E-state index in [-0.39, 0.29) is 18.2 Å². The summed E-state index contributed by atoms with van der Waals surface area (Å²) in [4.78, 5) is 27.8. The van der Waals surface area contributed by atoms with E-state index in [2.05, 4.69) is 80.5 Å². The number of carbonyl (C=O) groups excluding carboxylic acids is 3. The maximum Gasteiger partial charge on any atom is 0.373 e. The highest BCUT2D eigenvalue weighted by atomic mass is 16.5. The highest BCUT2D eigenvalue weighted by Gasteiger charge is 2.44. The van der Waals surface area contributed by atoms with Crippen molar-refractivity contribution in [3.05, 3.63) is 49.4 Å². The number of esters is 1. The standard InChI is InChI=1S/C10H16O3.3C9H16O.CO2/c1-4-8-10(3,6-7-13-8)9(11)12-5-2;3*1-4-8-9(3,5-2)6-7-10-8;2-1-3/h6-8H,4-5H2,1-3H3;3*6-8H,4-5H2,1-3H3;. The van der Waals surface area contributed by atoms with E-state index >= 15 is 0 Å². The fraction of sp³-hybridized carbons (Fsp3) is 0.737. The lowest BCUT2D eigenvalue weighted by molar-refractivity contribution is -0.191. The molecular weight excluding hydrogens is 584 g/mol. The zero-order valence-corrected chi connectivity index (χ0v) is 30.9. The Balaban J connectivity index is 0.000000573. The summed E-state index contributed by atoms with van der Waals surface area (Å²) in [6.07, 6.45) is 24.5. The van der Waals surface area contributed by atoms with E-state index in [1.807, 2.05) is 39.6 Å². The van der Waals surface area contributed by atoms with Crippen molar-refractivity contribution < 1.29 is 38.1 Å². The topological polar surface area (TPSA) is 97.4 Å². The minimum atomic E-state index is -0.592. The van der Waals surface area contributed by atoms with Crippen molar-refractivity contribution in [3.63, 3.8) is 0 Å². The summed E-state index contributed by atoms with van der Waals surface area (Å²) in [5.74, 6) is -0.199. The summed E-state index contributed by atoms with van der Waals surface area (Å²) in [5, 5.41) is 0. The van der Waals surface area contributed by atoms with Crippen LogP contribution < -0.4 is 0 Å². The second-order valence-electron chi connectivity index (χ2n) is 13.0. The van der Waals surface area contributed by atoms with E-state index in [4.69, 9.17) is 33.3 Å². The number of hydrogen-bond donors (Lipinski definition) is 0. The van der Waals surface area contributed by atoms with Crippen molar-refractivity contribution in [1.29, 1.82) is 0 Å². The van der Waals surface area contributed by atoms with Crippen LogP contribution in [0.5, 0.6) is 0 Å². The van der Waals surface area contributed by atoms with E-state index in [0.29, 0.717) is 41.2 Å². The third-order valence-electron chi connectivity index (χ3n) is 10.1. The predicted molar refractivity (Wildman–Crippen MR) is 182 cm³/mol. The van der Waals surface area contributed by atoms with Crippen LogP contribution in [0.4, 0.5) is 0 Å². The van der Waals surface area contributed by atoms with Gasteiger partial charge < -0.3 is 23.7 Å². The minimum Gasteiger partial charge on any atom is -0.497 e. The summed E-state index contributed by atoms with van der Waals surface area (Å²) in [6.45, 7) is 26.0. The SMILES string of the molecule is CCC1OC=CC1(C)CC.CCC1OC=CC1(C)CC.CCC1OC=CC1(C)CC.CCOC(=O)C1(C)C=COC1CC.O=C=O. The van der Waals surface area contributed by atoms with Gasteiger partial charge in [0, 0.05) is 16.2 Å². The van der Waals surface area contributed by atoms with Gasteiger partial charge in [0.25, 0.3) is 0 Å². The van der Waals surface area contributed by atoms with Gasteiger partial charge in [0.05, 0.1) is 31.7 Å². The molecular formula is C38H64O8. The van der Waals surface area contributed by atoms with Gasteiger partial charge in [-0.1, -0.05) is 69.2 Å². The molecule has 4 rings (SSSR count). The van der Waals surface area contributed by atoms with Gasteiger partial charge in [0.1, 0.15) is 29.8 Å². The number of ether oxygens (including phenoxy) is 5. The Hall–Kier alpha value is -2.99. The molecule has 264 valence electrons. The average molecular weight is 649 g/mol. The third kappa shape index (κ3) is 11.7. The predicted octanol–water partition coefficient (Wildman–Crippen LogP) is 9.47. The highest BCUT2D eigenvalue weighted by Crippen LogP contribution is 2.38. The fourth-order valence-corrected chi connectivity index (χ4v) is 5.91. The van der Waals surface area contributed by atoms with Crippen molar-refractivity contribution in [3.8, 4) is 0 Å². The van der Waals surface area contributed by atoms with Crippen LogP contribution in [0.1, 0.15) is 128 Å². The van der Waals surface area contributed by atoms with Crippen LogP contribution in [-0.2, 0) is 38.1 Å². The van der Waals surface area contributed by atoms with Crippen LogP contribution in [0.2, 0.25) is 0 Å². The molecule has 46 heavy (non-hydrogen) atoms. The number of hydrogen-bond acceptors (Lipinski definition) is 8. The zero-order chi connectivity index (χ0) is 35.4. The molecule has 0 aliphatic carbocycles. The first kappa shape index (κ1) is 43.0. The van der Waals surface area contributed by atoms with Gasteiger partial charge >= 0.3 is 12.1 Å². The normalized spacial score (nSPS) is 33.9. The van der Waals surface area contributed by atoms with E-state index < -0.39 is 5.41 Å². The van der Waals surface area contributed by atoms with E-state index in [1.54, 1.807) is 12.3 Å². The maximum atomic E-state index is 11.6. The molecule has 0 aromatic heterocycles. The maximum absolute atomic E-state index is 11.6. The Morgan fingerprint density at radius 2 is 0.848 bits per heavy atom. The van der Waals surface area contributed by atoms with Crippen LogP contribution in [-0.4, -0.2) is 43.1 Å². The van der Waals surface area contributed by atoms with Gasteiger partial charge in [-0.3, -0.25) is 4.79 Å². The smallest absolute Gasteiger partial charge is 0.373 e. The Morgan fingerprint density at radius 1 is 0.565 bits per heavy atom. The summed E-state index contributed by atoms with van der Waals surface area (Å²) in [7, 11) is 0. The molecule has 0 N–H and O–H groups in total. The molecule has 0 aromatic rings. The lowest BCUT2D eigenvalue weighted by Gasteiger charge is -2.26. The van der Waals surface area contributed by atoms with Gasteiger partial charge in [-0.15, -0.1) is 0 Å². The van der Waals surface area contributed by atoms with Gasteiger partial charge in [-0.05, 0) is 83.1 Å². The average Bonchev–Trinajstić information content (AvgIpc) is 3.84. The van der Waals surface area contributed by atoms with Gasteiger partial charge in [0.2, 0.25) is 0 Å². The Kier molecular flexibility index (Phi) is 19.6. The summed E-state index contributed by atoms with van der Waals surface area (Å²) in [5.41, 5.74) is 0.309. The molecule has 4 heterocycles. The largest absolute Gasteiger partial charge is 0.497 e. The molecule has 0 amide bonds. The Labute approximate surface area is 280 Å². The Morgan fingerprint density at radius 3 is 1.09 bits per heavy atom. The molecule has 0 saturated heterocycles. The molecule has 4 aliphatic heterocycles. The van der Waals surface area contributed by atoms with Crippen LogP contribution in [0.3, 0.4) is 0 Å². The molecule has 8 unspecified atom stereocenters. The van der Waals surface area contributed by atoms with E-state index in [1.165, 1.54) is 19.3 Å². The van der Waals surface area contributed by atoms with Gasteiger partial charge in [-0.25, -0.2) is 0 Å². The fourth-order valence-electron chi connectivity index (χ4n) is 5.91. The van der Waals surface area contributed by atoms with Crippen LogP contribution >= 0.6 is 0 Å². The second kappa shape index (κ2) is 21.0. The molecule has 0 spiro atoms. The van der Waals surface area contributed by atoms with Crippen molar-refractivity contribution in [2.45, 2.75) is 152 Å². The van der Waals surface area contributed by atoms with Gasteiger partial charge in [0.15, 0.2) is 0 Å². The van der Waals surface area contributed by atoms with Crippen molar-refractivity contribution in [2.24, 2.45) is 21.7 Å². The van der Waals surface area contributed by atoms with E-state index in [9.17, 15) is 4.79 Å². The van der Waals surface area contributed by atoms with Crippen LogP contribution in [0.15, 0.2) is 49.4 Å². The Bertz CT molecular complexity index is 947. The zero-order valence-electron chi connectivity index (χ0n) is 30.9. The quantitative estimate of drug-likeness (QED) is 0.228. The molecule has 8 nitrogen and oxygen atoms in total. The summed E-state index contributed by atoms with van der Waals surface area (Å²) < 4.78 is 26.6. The van der Waals surface area contributed by atoms with Gasteiger partial charge in [-0.2, -0.15) is 9.59 Å².